The molecule has 2 heterocycles. The molecule has 1 saturated carbocycles. The Kier molecular flexibility index (Phi) is 3.90. The first-order valence-corrected chi connectivity index (χ1v) is 7.24. The molecule has 3 unspecified atom stereocenters. The number of rotatable bonds is 5. The summed E-state index contributed by atoms with van der Waals surface area (Å²) in [5.74, 6) is 1.82. The Hall–Kier alpha value is -0.940. The smallest absolute Gasteiger partial charge is 0.137 e. The lowest BCUT2D eigenvalue weighted by molar-refractivity contribution is 0.322. The van der Waals surface area contributed by atoms with Gasteiger partial charge < -0.3 is 10.6 Å². The second-order valence-electron chi connectivity index (χ2n) is 5.54. The van der Waals surface area contributed by atoms with Crippen molar-refractivity contribution in [3.8, 4) is 0 Å². The molecule has 100 valence electrons. The van der Waals surface area contributed by atoms with E-state index in [0.717, 1.165) is 30.7 Å². The van der Waals surface area contributed by atoms with Gasteiger partial charge >= 0.3 is 0 Å². The van der Waals surface area contributed by atoms with E-state index < -0.39 is 0 Å². The quantitative estimate of drug-likeness (QED) is 0.724. The Balaban J connectivity index is 1.46. The van der Waals surface area contributed by atoms with Crippen LogP contribution < -0.4 is 10.6 Å². The number of hydrogen-bond acceptors (Lipinski definition) is 4. The molecule has 0 radical (unpaired) electrons. The molecule has 0 aromatic carbocycles. The second kappa shape index (κ2) is 5.80. The lowest BCUT2D eigenvalue weighted by Gasteiger charge is -2.26. The molecule has 0 spiro atoms. The highest BCUT2D eigenvalue weighted by Gasteiger charge is 2.34. The van der Waals surface area contributed by atoms with E-state index in [4.69, 9.17) is 0 Å². The number of H-pyrrole nitrogens is 1. The Labute approximate surface area is 108 Å². The topological polar surface area (TPSA) is 65.6 Å². The van der Waals surface area contributed by atoms with Crippen LogP contribution in [0, 0.1) is 5.92 Å². The summed E-state index contributed by atoms with van der Waals surface area (Å²) in [5, 5.41) is 14.2. The Morgan fingerprint density at radius 2 is 2.28 bits per heavy atom. The summed E-state index contributed by atoms with van der Waals surface area (Å²) in [5.41, 5.74) is 0. The van der Waals surface area contributed by atoms with Gasteiger partial charge in [0, 0.05) is 25.0 Å². The lowest BCUT2D eigenvalue weighted by Crippen LogP contribution is -2.42. The van der Waals surface area contributed by atoms with Crippen LogP contribution in [0.3, 0.4) is 0 Å². The average Bonchev–Trinajstić information content (AvgIpc) is 3.12. The summed E-state index contributed by atoms with van der Waals surface area (Å²) in [6.45, 7) is 2.22. The van der Waals surface area contributed by atoms with Gasteiger partial charge in [-0.15, -0.1) is 0 Å². The fourth-order valence-electron chi connectivity index (χ4n) is 3.53. The minimum atomic E-state index is 0.698. The minimum absolute atomic E-state index is 0.698. The van der Waals surface area contributed by atoms with Crippen LogP contribution in [-0.2, 0) is 6.42 Å². The van der Waals surface area contributed by atoms with E-state index >= 15 is 0 Å². The summed E-state index contributed by atoms with van der Waals surface area (Å²) in [7, 11) is 0. The highest BCUT2D eigenvalue weighted by atomic mass is 15.2. The van der Waals surface area contributed by atoms with Crippen LogP contribution in [0.2, 0.25) is 0 Å². The van der Waals surface area contributed by atoms with Crippen LogP contribution in [-0.4, -0.2) is 40.4 Å². The van der Waals surface area contributed by atoms with Crippen molar-refractivity contribution in [1.82, 2.24) is 25.8 Å². The maximum Gasteiger partial charge on any atom is 0.137 e. The molecule has 1 aliphatic carbocycles. The molecule has 0 bridgehead atoms. The molecule has 0 amide bonds. The molecule has 1 aromatic rings. The SMILES string of the molecule is c1n[nH]c(CCNC2CCCC2C2CCCN2)n1. The summed E-state index contributed by atoms with van der Waals surface area (Å²) in [4.78, 5) is 4.16. The molecule has 3 N–H and O–H groups in total. The van der Waals surface area contributed by atoms with Gasteiger partial charge in [0.15, 0.2) is 0 Å². The van der Waals surface area contributed by atoms with Crippen molar-refractivity contribution in [2.24, 2.45) is 5.92 Å². The van der Waals surface area contributed by atoms with Crippen molar-refractivity contribution < 1.29 is 0 Å². The zero-order valence-electron chi connectivity index (χ0n) is 10.9. The van der Waals surface area contributed by atoms with Crippen molar-refractivity contribution in [2.75, 3.05) is 13.1 Å². The van der Waals surface area contributed by atoms with Gasteiger partial charge in [-0.2, -0.15) is 5.10 Å². The lowest BCUT2D eigenvalue weighted by atomic mass is 9.93. The van der Waals surface area contributed by atoms with Gasteiger partial charge in [0.2, 0.25) is 0 Å². The first-order chi connectivity index (χ1) is 8.93. The van der Waals surface area contributed by atoms with Crippen molar-refractivity contribution in [2.45, 2.75) is 50.6 Å². The average molecular weight is 249 g/mol. The third-order valence-corrected chi connectivity index (χ3v) is 4.42. The van der Waals surface area contributed by atoms with Gasteiger partial charge in [0.25, 0.3) is 0 Å². The molecule has 3 atom stereocenters. The predicted octanol–water partition coefficient (Wildman–Crippen LogP) is 0.857. The zero-order chi connectivity index (χ0) is 12.2. The number of aromatic amines is 1. The second-order valence-corrected chi connectivity index (χ2v) is 5.54. The molecule has 18 heavy (non-hydrogen) atoms. The molecular weight excluding hydrogens is 226 g/mol. The molecule has 2 aliphatic rings. The molecule has 5 nitrogen and oxygen atoms in total. The molecule has 2 fully saturated rings. The molecule has 3 rings (SSSR count). The van der Waals surface area contributed by atoms with Gasteiger partial charge in [-0.1, -0.05) is 6.42 Å². The van der Waals surface area contributed by atoms with Crippen LogP contribution in [0.4, 0.5) is 0 Å². The monoisotopic (exact) mass is 249 g/mol. The fourth-order valence-corrected chi connectivity index (χ4v) is 3.53. The highest BCUT2D eigenvalue weighted by Crippen LogP contribution is 2.31. The van der Waals surface area contributed by atoms with Gasteiger partial charge in [-0.3, -0.25) is 5.10 Å². The van der Waals surface area contributed by atoms with E-state index in [-0.39, 0.29) is 0 Å². The number of aromatic nitrogens is 3. The summed E-state index contributed by atoms with van der Waals surface area (Å²) in [6.07, 6.45) is 9.34. The van der Waals surface area contributed by atoms with E-state index in [9.17, 15) is 0 Å². The van der Waals surface area contributed by atoms with E-state index in [0.29, 0.717) is 6.04 Å². The van der Waals surface area contributed by atoms with Crippen molar-refractivity contribution in [3.05, 3.63) is 12.2 Å². The first-order valence-electron chi connectivity index (χ1n) is 7.24. The van der Waals surface area contributed by atoms with E-state index in [1.165, 1.54) is 38.6 Å². The van der Waals surface area contributed by atoms with Gasteiger partial charge in [0.1, 0.15) is 12.2 Å². The van der Waals surface area contributed by atoms with E-state index in [1.54, 1.807) is 6.33 Å². The molecule has 1 saturated heterocycles. The maximum atomic E-state index is 4.16. The summed E-state index contributed by atoms with van der Waals surface area (Å²) < 4.78 is 0. The molecule has 1 aliphatic heterocycles. The normalized spacial score (nSPS) is 32.1. The van der Waals surface area contributed by atoms with E-state index in [1.807, 2.05) is 0 Å². The Morgan fingerprint density at radius 1 is 1.28 bits per heavy atom. The maximum absolute atomic E-state index is 4.16. The standard InChI is InChI=1S/C13H23N5/c1-3-10(12-5-2-7-14-12)11(4-1)15-8-6-13-16-9-17-18-13/h9-12,14-15H,1-8H2,(H,16,17,18). The van der Waals surface area contributed by atoms with Crippen LogP contribution in [0.25, 0.3) is 0 Å². The van der Waals surface area contributed by atoms with Gasteiger partial charge in [-0.25, -0.2) is 4.98 Å². The summed E-state index contributed by atoms with van der Waals surface area (Å²) >= 11 is 0. The van der Waals surface area contributed by atoms with E-state index in [2.05, 4.69) is 25.8 Å². The summed E-state index contributed by atoms with van der Waals surface area (Å²) in [6, 6.07) is 1.46. The van der Waals surface area contributed by atoms with Crippen LogP contribution in [0.15, 0.2) is 6.33 Å². The molecule has 5 heteroatoms. The predicted molar refractivity (Wildman–Crippen MR) is 70.2 cm³/mol. The number of nitrogens with zero attached hydrogens (tertiary/aromatic N) is 2. The van der Waals surface area contributed by atoms with Gasteiger partial charge in [-0.05, 0) is 38.1 Å². The minimum Gasteiger partial charge on any atom is -0.314 e. The Morgan fingerprint density at radius 3 is 3.06 bits per heavy atom. The third-order valence-electron chi connectivity index (χ3n) is 4.42. The first kappa shape index (κ1) is 12.1. The largest absolute Gasteiger partial charge is 0.314 e. The third kappa shape index (κ3) is 2.72. The van der Waals surface area contributed by atoms with Crippen LogP contribution in [0.5, 0.6) is 0 Å². The van der Waals surface area contributed by atoms with Crippen LogP contribution >= 0.6 is 0 Å². The van der Waals surface area contributed by atoms with Crippen molar-refractivity contribution in [1.29, 1.82) is 0 Å². The number of nitrogens with one attached hydrogen (secondary N) is 3. The van der Waals surface area contributed by atoms with Crippen molar-refractivity contribution in [3.63, 3.8) is 0 Å². The Bertz CT molecular complexity index is 344. The fraction of sp³-hybridized carbons (Fsp3) is 0.846. The van der Waals surface area contributed by atoms with Crippen molar-refractivity contribution >= 4 is 0 Å². The number of hydrogen-bond donors (Lipinski definition) is 3. The highest BCUT2D eigenvalue weighted by molar-refractivity contribution is 4.93. The zero-order valence-corrected chi connectivity index (χ0v) is 10.9. The molecular formula is C13H23N5. The molecule has 1 aromatic heterocycles. The van der Waals surface area contributed by atoms with Crippen LogP contribution in [0.1, 0.15) is 37.9 Å². The van der Waals surface area contributed by atoms with Gasteiger partial charge in [0.05, 0.1) is 0 Å².